The zero-order valence-corrected chi connectivity index (χ0v) is 11.2. The Bertz CT molecular complexity index is 933. The van der Waals surface area contributed by atoms with E-state index >= 15 is 0 Å². The molecule has 0 aliphatic carbocycles. The van der Waals surface area contributed by atoms with Gasteiger partial charge in [-0.25, -0.2) is 14.5 Å². The number of thiazole rings is 1. The summed E-state index contributed by atoms with van der Waals surface area (Å²) in [5.41, 5.74) is 1.47. The summed E-state index contributed by atoms with van der Waals surface area (Å²) in [4.78, 5) is 16.7. The maximum atomic E-state index is 12.2. The van der Waals surface area contributed by atoms with Crippen molar-refractivity contribution in [3.63, 3.8) is 0 Å². The average Bonchev–Trinajstić information content (AvgIpc) is 3.01. The summed E-state index contributed by atoms with van der Waals surface area (Å²) in [5, 5.41) is 5.20. The fourth-order valence-corrected chi connectivity index (χ4v) is 3.14. The van der Waals surface area contributed by atoms with Crippen LogP contribution < -0.4 is 5.69 Å². The number of hydrogen-bond acceptors (Lipinski definition) is 4. The fraction of sp³-hybridized carbons (Fsp3) is 0.0714. The first-order valence-corrected chi connectivity index (χ1v) is 7.01. The van der Waals surface area contributed by atoms with Crippen LogP contribution in [0.5, 0.6) is 0 Å². The normalized spacial score (nSPS) is 11.4. The second kappa shape index (κ2) is 4.28. The molecule has 0 atom stereocenters. The summed E-state index contributed by atoms with van der Waals surface area (Å²) >= 11 is 1.59. The van der Waals surface area contributed by atoms with Crippen LogP contribution in [0.4, 0.5) is 0 Å². The van der Waals surface area contributed by atoms with Crippen LogP contribution in [-0.2, 0) is 6.54 Å². The molecule has 0 amide bonds. The van der Waals surface area contributed by atoms with E-state index in [2.05, 4.69) is 10.1 Å². The summed E-state index contributed by atoms with van der Waals surface area (Å²) in [6.45, 7) is 0.403. The summed E-state index contributed by atoms with van der Waals surface area (Å²) in [5.74, 6) is 0. The number of rotatable bonds is 2. The molecule has 98 valence electrons. The van der Waals surface area contributed by atoms with Crippen LogP contribution >= 0.6 is 11.3 Å². The van der Waals surface area contributed by atoms with Crippen molar-refractivity contribution in [1.82, 2.24) is 19.2 Å². The summed E-state index contributed by atoms with van der Waals surface area (Å²) in [7, 11) is 0. The van der Waals surface area contributed by atoms with Crippen molar-refractivity contribution in [3.8, 4) is 0 Å². The van der Waals surface area contributed by atoms with Gasteiger partial charge in [0.1, 0.15) is 5.01 Å². The molecule has 0 fully saturated rings. The third kappa shape index (κ3) is 1.73. The number of aromatic nitrogens is 4. The van der Waals surface area contributed by atoms with E-state index in [1.165, 1.54) is 9.08 Å². The lowest BCUT2D eigenvalue weighted by Gasteiger charge is -1.93. The van der Waals surface area contributed by atoms with Crippen LogP contribution in [0, 0.1) is 0 Å². The highest BCUT2D eigenvalue weighted by Gasteiger charge is 2.09. The van der Waals surface area contributed by atoms with E-state index in [9.17, 15) is 4.79 Å². The molecule has 6 heteroatoms. The molecule has 0 N–H and O–H groups in total. The van der Waals surface area contributed by atoms with E-state index in [4.69, 9.17) is 0 Å². The zero-order valence-electron chi connectivity index (χ0n) is 10.4. The third-order valence-electron chi connectivity index (χ3n) is 3.11. The van der Waals surface area contributed by atoms with E-state index < -0.39 is 0 Å². The van der Waals surface area contributed by atoms with Gasteiger partial charge in [-0.15, -0.1) is 16.4 Å². The lowest BCUT2D eigenvalue weighted by Crippen LogP contribution is -2.21. The van der Waals surface area contributed by atoms with Crippen molar-refractivity contribution in [2.45, 2.75) is 6.54 Å². The third-order valence-corrected chi connectivity index (χ3v) is 4.13. The van der Waals surface area contributed by atoms with Crippen molar-refractivity contribution in [1.29, 1.82) is 0 Å². The van der Waals surface area contributed by atoms with Crippen LogP contribution in [-0.4, -0.2) is 19.2 Å². The Balaban J connectivity index is 1.80. The Morgan fingerprint density at radius 2 is 1.95 bits per heavy atom. The molecule has 1 aromatic carbocycles. The number of fused-ring (bicyclic) bond motifs is 2. The Morgan fingerprint density at radius 3 is 2.80 bits per heavy atom. The Kier molecular flexibility index (Phi) is 2.43. The molecule has 0 saturated heterocycles. The van der Waals surface area contributed by atoms with Crippen molar-refractivity contribution in [2.24, 2.45) is 0 Å². The van der Waals surface area contributed by atoms with Gasteiger partial charge in [-0.2, -0.15) is 0 Å². The molecule has 4 aromatic rings. The average molecular weight is 282 g/mol. The molecule has 0 aliphatic rings. The smallest absolute Gasteiger partial charge is 0.250 e. The molecule has 0 spiro atoms. The number of hydrogen-bond donors (Lipinski definition) is 0. The predicted molar refractivity (Wildman–Crippen MR) is 78.2 cm³/mol. The first kappa shape index (κ1) is 11.4. The maximum absolute atomic E-state index is 12.2. The van der Waals surface area contributed by atoms with Gasteiger partial charge in [0.05, 0.1) is 16.8 Å². The quantitative estimate of drug-likeness (QED) is 0.566. The lowest BCUT2D eigenvalue weighted by molar-refractivity contribution is 0.656. The van der Waals surface area contributed by atoms with E-state index in [0.717, 1.165) is 15.2 Å². The Hall–Kier alpha value is -2.47. The van der Waals surface area contributed by atoms with E-state index in [0.29, 0.717) is 12.2 Å². The molecule has 20 heavy (non-hydrogen) atoms. The summed E-state index contributed by atoms with van der Waals surface area (Å²) in [6.07, 6.45) is 1.72. The summed E-state index contributed by atoms with van der Waals surface area (Å²) in [6, 6.07) is 13.5. The van der Waals surface area contributed by atoms with Crippen LogP contribution in [0.1, 0.15) is 5.01 Å². The van der Waals surface area contributed by atoms with Crippen molar-refractivity contribution >= 4 is 27.2 Å². The van der Waals surface area contributed by atoms with E-state index in [1.54, 1.807) is 17.5 Å². The van der Waals surface area contributed by atoms with Gasteiger partial charge in [-0.05, 0) is 24.3 Å². The lowest BCUT2D eigenvalue weighted by atomic mass is 10.3. The van der Waals surface area contributed by atoms with Gasteiger partial charge in [0.2, 0.25) is 0 Å². The van der Waals surface area contributed by atoms with Gasteiger partial charge in [-0.1, -0.05) is 18.2 Å². The molecule has 3 heterocycles. The number of nitrogens with zero attached hydrogens (tertiary/aromatic N) is 4. The molecule has 0 bridgehead atoms. The molecular weight excluding hydrogens is 272 g/mol. The van der Waals surface area contributed by atoms with Crippen LogP contribution in [0.15, 0.2) is 53.5 Å². The fourth-order valence-electron chi connectivity index (χ4n) is 2.19. The van der Waals surface area contributed by atoms with Gasteiger partial charge >= 0.3 is 5.69 Å². The molecule has 0 unspecified atom stereocenters. The highest BCUT2D eigenvalue weighted by Crippen LogP contribution is 2.21. The van der Waals surface area contributed by atoms with Gasteiger partial charge in [-0.3, -0.25) is 4.40 Å². The zero-order chi connectivity index (χ0) is 13.5. The predicted octanol–water partition coefficient (Wildman–Crippen LogP) is 2.15. The first-order valence-electron chi connectivity index (χ1n) is 6.20. The number of pyridine rings is 1. The van der Waals surface area contributed by atoms with Gasteiger partial charge in [0, 0.05) is 6.20 Å². The standard InChI is InChI=1S/C14H10N4OS/c19-14-17-8-4-3-7-12(17)16-18(14)9-13-15-10-5-1-2-6-11(10)20-13/h1-8H,9H2. The van der Waals surface area contributed by atoms with Crippen LogP contribution in [0.3, 0.4) is 0 Å². The maximum Gasteiger partial charge on any atom is 0.350 e. The molecule has 0 radical (unpaired) electrons. The largest absolute Gasteiger partial charge is 0.350 e. The molecule has 3 aromatic heterocycles. The second-order valence-corrected chi connectivity index (χ2v) is 5.56. The van der Waals surface area contributed by atoms with E-state index in [1.807, 2.05) is 42.5 Å². The monoisotopic (exact) mass is 282 g/mol. The Labute approximate surface area is 117 Å². The minimum Gasteiger partial charge on any atom is -0.250 e. The van der Waals surface area contributed by atoms with E-state index in [-0.39, 0.29) is 5.69 Å². The highest BCUT2D eigenvalue weighted by atomic mass is 32.1. The van der Waals surface area contributed by atoms with Crippen molar-refractivity contribution < 1.29 is 0 Å². The van der Waals surface area contributed by atoms with Gasteiger partial charge < -0.3 is 0 Å². The summed E-state index contributed by atoms with van der Waals surface area (Å²) < 4.78 is 4.11. The molecule has 0 aliphatic heterocycles. The van der Waals surface area contributed by atoms with Crippen LogP contribution in [0.25, 0.3) is 15.9 Å². The topological polar surface area (TPSA) is 52.2 Å². The van der Waals surface area contributed by atoms with Gasteiger partial charge in [0.15, 0.2) is 5.65 Å². The van der Waals surface area contributed by atoms with Crippen LogP contribution in [0.2, 0.25) is 0 Å². The highest BCUT2D eigenvalue weighted by molar-refractivity contribution is 7.18. The molecule has 0 saturated carbocycles. The molecule has 4 rings (SSSR count). The Morgan fingerprint density at radius 1 is 1.10 bits per heavy atom. The second-order valence-electron chi connectivity index (χ2n) is 4.44. The number of para-hydroxylation sites is 1. The van der Waals surface area contributed by atoms with Gasteiger partial charge in [0.25, 0.3) is 0 Å². The minimum absolute atomic E-state index is 0.139. The SMILES string of the molecule is O=c1n(Cc2nc3ccccc3s2)nc2ccccn12. The molecular formula is C14H10N4OS. The number of benzene rings is 1. The van der Waals surface area contributed by atoms with Crippen molar-refractivity contribution in [3.05, 3.63) is 64.2 Å². The minimum atomic E-state index is -0.139. The first-order chi connectivity index (χ1) is 9.81. The van der Waals surface area contributed by atoms with Crippen molar-refractivity contribution in [2.75, 3.05) is 0 Å². The molecule has 5 nitrogen and oxygen atoms in total.